The number of thiophene rings is 1. The molecule has 2 aromatic rings. The van der Waals surface area contributed by atoms with Gasteiger partial charge in [-0.05, 0) is 30.5 Å². The molecular weight excluding hydrogens is 290 g/mol. The molecule has 21 heavy (non-hydrogen) atoms. The summed E-state index contributed by atoms with van der Waals surface area (Å²) in [4.78, 5) is 11.0. The van der Waals surface area contributed by atoms with E-state index in [1.165, 1.54) is 29.5 Å². The summed E-state index contributed by atoms with van der Waals surface area (Å²) in [5.41, 5.74) is -0.745. The van der Waals surface area contributed by atoms with Gasteiger partial charge in [0.05, 0.1) is 4.92 Å². The van der Waals surface area contributed by atoms with Crippen LogP contribution in [0.25, 0.3) is 0 Å². The standard InChI is InChI=1S/C14H13N3O3S/c1-14(18,13-3-2-6-21-13)9-16-11-4-5-12(17(19)20)10(7-11)8-15/h2-7,16,18H,9H2,1H3. The molecule has 0 radical (unpaired) electrons. The molecule has 1 aromatic carbocycles. The number of nitriles is 1. The topological polar surface area (TPSA) is 99.2 Å². The smallest absolute Gasteiger partial charge is 0.287 e. The van der Waals surface area contributed by atoms with Gasteiger partial charge in [0, 0.05) is 23.2 Å². The summed E-state index contributed by atoms with van der Waals surface area (Å²) in [6.45, 7) is 1.92. The Morgan fingerprint density at radius 2 is 2.29 bits per heavy atom. The molecule has 2 rings (SSSR count). The fourth-order valence-corrected chi connectivity index (χ4v) is 2.63. The van der Waals surface area contributed by atoms with Crippen molar-refractivity contribution in [3.05, 3.63) is 56.3 Å². The summed E-state index contributed by atoms with van der Waals surface area (Å²) >= 11 is 1.45. The van der Waals surface area contributed by atoms with Crippen LogP contribution in [0.3, 0.4) is 0 Å². The van der Waals surface area contributed by atoms with Crippen LogP contribution in [-0.2, 0) is 5.60 Å². The molecule has 0 bridgehead atoms. The molecule has 0 amide bonds. The summed E-state index contributed by atoms with van der Waals surface area (Å²) in [5, 5.41) is 35.0. The van der Waals surface area contributed by atoms with Gasteiger partial charge in [0.1, 0.15) is 17.2 Å². The second kappa shape index (κ2) is 5.91. The van der Waals surface area contributed by atoms with Gasteiger partial charge in [0.2, 0.25) is 0 Å². The first kappa shape index (κ1) is 15.0. The van der Waals surface area contributed by atoms with E-state index in [-0.39, 0.29) is 17.8 Å². The predicted molar refractivity (Wildman–Crippen MR) is 80.2 cm³/mol. The van der Waals surface area contributed by atoms with Gasteiger partial charge in [-0.25, -0.2) is 0 Å². The van der Waals surface area contributed by atoms with E-state index >= 15 is 0 Å². The Kier molecular flexibility index (Phi) is 4.21. The van der Waals surface area contributed by atoms with Crippen molar-refractivity contribution < 1.29 is 10.0 Å². The minimum atomic E-state index is -1.05. The Morgan fingerprint density at radius 3 is 2.86 bits per heavy atom. The second-order valence-corrected chi connectivity index (χ2v) is 5.65. The highest BCUT2D eigenvalue weighted by atomic mass is 32.1. The number of nitrogens with zero attached hydrogens (tertiary/aromatic N) is 2. The molecule has 1 heterocycles. The van der Waals surface area contributed by atoms with Crippen LogP contribution in [0.4, 0.5) is 11.4 Å². The number of nitro benzene ring substituents is 1. The van der Waals surface area contributed by atoms with Crippen molar-refractivity contribution in [3.63, 3.8) is 0 Å². The third kappa shape index (κ3) is 3.37. The van der Waals surface area contributed by atoms with Crippen LogP contribution < -0.4 is 5.32 Å². The van der Waals surface area contributed by atoms with Crippen molar-refractivity contribution in [2.24, 2.45) is 0 Å². The number of benzene rings is 1. The number of rotatable bonds is 5. The van der Waals surface area contributed by atoms with E-state index in [0.29, 0.717) is 5.69 Å². The summed E-state index contributed by atoms with van der Waals surface area (Å²) in [7, 11) is 0. The molecule has 1 unspecified atom stereocenters. The first-order chi connectivity index (χ1) is 9.94. The SMILES string of the molecule is CC(O)(CNc1ccc([N+](=O)[O-])c(C#N)c1)c1cccs1. The number of hydrogen-bond acceptors (Lipinski definition) is 6. The van der Waals surface area contributed by atoms with Crippen LogP contribution in [0, 0.1) is 21.4 Å². The van der Waals surface area contributed by atoms with E-state index in [1.807, 2.05) is 17.5 Å². The molecule has 0 saturated carbocycles. The fourth-order valence-electron chi connectivity index (χ4n) is 1.84. The number of aliphatic hydroxyl groups is 1. The van der Waals surface area contributed by atoms with Gasteiger partial charge in [0.25, 0.3) is 5.69 Å². The molecule has 7 heteroatoms. The van der Waals surface area contributed by atoms with Gasteiger partial charge in [-0.2, -0.15) is 5.26 Å². The Hall–Kier alpha value is -2.43. The molecule has 108 valence electrons. The third-order valence-electron chi connectivity index (χ3n) is 3.00. The first-order valence-electron chi connectivity index (χ1n) is 6.13. The Labute approximate surface area is 125 Å². The highest BCUT2D eigenvalue weighted by Crippen LogP contribution is 2.27. The lowest BCUT2D eigenvalue weighted by Gasteiger charge is -2.23. The molecular formula is C14H13N3O3S. The fraction of sp³-hybridized carbons (Fsp3) is 0.214. The highest BCUT2D eigenvalue weighted by Gasteiger charge is 2.24. The first-order valence-corrected chi connectivity index (χ1v) is 7.01. The lowest BCUT2D eigenvalue weighted by atomic mass is 10.0. The molecule has 0 aliphatic carbocycles. The zero-order chi connectivity index (χ0) is 15.5. The van der Waals surface area contributed by atoms with Crippen LogP contribution >= 0.6 is 11.3 Å². The van der Waals surface area contributed by atoms with Crippen LogP contribution in [0.5, 0.6) is 0 Å². The van der Waals surface area contributed by atoms with Gasteiger partial charge in [-0.15, -0.1) is 11.3 Å². The Balaban J connectivity index is 2.14. The van der Waals surface area contributed by atoms with Crippen molar-refractivity contribution >= 4 is 22.7 Å². The quantitative estimate of drug-likeness (QED) is 0.653. The molecule has 6 nitrogen and oxygen atoms in total. The summed E-state index contributed by atoms with van der Waals surface area (Å²) in [5.74, 6) is 0. The van der Waals surface area contributed by atoms with E-state index < -0.39 is 10.5 Å². The number of hydrogen-bond donors (Lipinski definition) is 2. The maximum Gasteiger partial charge on any atom is 0.287 e. The van der Waals surface area contributed by atoms with Gasteiger partial charge in [0.15, 0.2) is 0 Å². The van der Waals surface area contributed by atoms with Gasteiger partial charge in [-0.1, -0.05) is 6.07 Å². The molecule has 1 atom stereocenters. The number of anilines is 1. The van der Waals surface area contributed by atoms with Crippen molar-refractivity contribution in [3.8, 4) is 6.07 Å². The highest BCUT2D eigenvalue weighted by molar-refractivity contribution is 7.10. The average Bonchev–Trinajstić information content (AvgIpc) is 2.99. The van der Waals surface area contributed by atoms with E-state index in [2.05, 4.69) is 5.32 Å². The maximum atomic E-state index is 10.8. The minimum Gasteiger partial charge on any atom is -0.383 e. The predicted octanol–water partition coefficient (Wildman–Crippen LogP) is 2.85. The molecule has 0 spiro atoms. The molecule has 2 N–H and O–H groups in total. The second-order valence-electron chi connectivity index (χ2n) is 4.71. The van der Waals surface area contributed by atoms with E-state index in [4.69, 9.17) is 5.26 Å². The summed E-state index contributed by atoms with van der Waals surface area (Å²) in [6, 6.07) is 9.69. The van der Waals surface area contributed by atoms with E-state index in [1.54, 1.807) is 13.0 Å². The van der Waals surface area contributed by atoms with Gasteiger partial charge in [-0.3, -0.25) is 10.1 Å². The van der Waals surface area contributed by atoms with Crippen LogP contribution in [0.1, 0.15) is 17.4 Å². The molecule has 0 aliphatic rings. The molecule has 0 aliphatic heterocycles. The van der Waals surface area contributed by atoms with Crippen molar-refractivity contribution in [1.82, 2.24) is 0 Å². The number of nitro groups is 1. The average molecular weight is 303 g/mol. The van der Waals surface area contributed by atoms with Crippen molar-refractivity contribution in [1.29, 1.82) is 5.26 Å². The Bertz CT molecular complexity index is 690. The molecule has 0 fully saturated rings. The monoisotopic (exact) mass is 303 g/mol. The van der Waals surface area contributed by atoms with Crippen molar-refractivity contribution in [2.45, 2.75) is 12.5 Å². The minimum absolute atomic E-state index is 0.0132. The van der Waals surface area contributed by atoms with Crippen molar-refractivity contribution in [2.75, 3.05) is 11.9 Å². The molecule has 0 saturated heterocycles. The van der Waals surface area contributed by atoms with Crippen LogP contribution in [0.2, 0.25) is 0 Å². The van der Waals surface area contributed by atoms with Gasteiger partial charge < -0.3 is 10.4 Å². The largest absolute Gasteiger partial charge is 0.383 e. The third-order valence-corrected chi connectivity index (χ3v) is 4.13. The Morgan fingerprint density at radius 1 is 1.52 bits per heavy atom. The van der Waals surface area contributed by atoms with Crippen LogP contribution in [-0.4, -0.2) is 16.6 Å². The molecule has 1 aromatic heterocycles. The summed E-state index contributed by atoms with van der Waals surface area (Å²) < 4.78 is 0. The maximum absolute atomic E-state index is 10.8. The van der Waals surface area contributed by atoms with E-state index in [9.17, 15) is 15.2 Å². The summed E-state index contributed by atoms with van der Waals surface area (Å²) in [6.07, 6.45) is 0. The lowest BCUT2D eigenvalue weighted by molar-refractivity contribution is -0.385. The van der Waals surface area contributed by atoms with Crippen LogP contribution in [0.15, 0.2) is 35.7 Å². The number of nitrogens with one attached hydrogen (secondary N) is 1. The zero-order valence-corrected chi connectivity index (χ0v) is 12.1. The lowest BCUT2D eigenvalue weighted by Crippen LogP contribution is -2.29. The van der Waals surface area contributed by atoms with E-state index in [0.717, 1.165) is 4.88 Å². The normalized spacial score (nSPS) is 13.2. The van der Waals surface area contributed by atoms with Gasteiger partial charge >= 0.3 is 0 Å². The zero-order valence-electron chi connectivity index (χ0n) is 11.2.